The van der Waals surface area contributed by atoms with Crippen LogP contribution in [0.3, 0.4) is 0 Å². The van der Waals surface area contributed by atoms with Crippen molar-refractivity contribution >= 4 is 15.7 Å². The van der Waals surface area contributed by atoms with Crippen molar-refractivity contribution in [3.05, 3.63) is 23.8 Å². The van der Waals surface area contributed by atoms with Crippen molar-refractivity contribution in [2.24, 2.45) is 0 Å². The Hall–Kier alpha value is -1.07. The highest BCUT2D eigenvalue weighted by atomic mass is 32.2. The predicted octanol–water partition coefficient (Wildman–Crippen LogP) is 2.39. The fraction of sp³-hybridized carbons (Fsp3) is 0.538. The molecule has 1 aromatic carbocycles. The lowest BCUT2D eigenvalue weighted by Crippen LogP contribution is -2.35. The lowest BCUT2D eigenvalue weighted by atomic mass is 10.2. The van der Waals surface area contributed by atoms with E-state index in [4.69, 9.17) is 5.73 Å². The Kier molecular flexibility index (Phi) is 4.76. The summed E-state index contributed by atoms with van der Waals surface area (Å²) in [7, 11) is -1.83. The van der Waals surface area contributed by atoms with Crippen molar-refractivity contribution in [2.75, 3.05) is 12.8 Å². The molecule has 0 fully saturated rings. The summed E-state index contributed by atoms with van der Waals surface area (Å²) in [6, 6.07) is 4.86. The number of sulfonamides is 1. The highest BCUT2D eigenvalue weighted by Crippen LogP contribution is 2.22. The summed E-state index contributed by atoms with van der Waals surface area (Å²) < 4.78 is 26.2. The molecule has 0 saturated carbocycles. The van der Waals surface area contributed by atoms with E-state index in [0.717, 1.165) is 18.4 Å². The number of aryl methyl sites for hydroxylation is 1. The Morgan fingerprint density at radius 2 is 2.00 bits per heavy atom. The quantitative estimate of drug-likeness (QED) is 0.836. The summed E-state index contributed by atoms with van der Waals surface area (Å²) >= 11 is 0. The lowest BCUT2D eigenvalue weighted by Gasteiger charge is -2.24. The van der Waals surface area contributed by atoms with Gasteiger partial charge in [0.2, 0.25) is 10.0 Å². The Labute approximate surface area is 110 Å². The van der Waals surface area contributed by atoms with E-state index in [2.05, 4.69) is 0 Å². The summed E-state index contributed by atoms with van der Waals surface area (Å²) in [5, 5.41) is 0. The van der Waals surface area contributed by atoms with E-state index < -0.39 is 10.0 Å². The number of nitrogens with zero attached hydrogens (tertiary/aromatic N) is 1. The van der Waals surface area contributed by atoms with Gasteiger partial charge in [-0.3, -0.25) is 0 Å². The average molecular weight is 270 g/mol. The van der Waals surface area contributed by atoms with Gasteiger partial charge in [0.25, 0.3) is 0 Å². The summed E-state index contributed by atoms with van der Waals surface area (Å²) in [4.78, 5) is 0.260. The molecule has 1 rings (SSSR count). The smallest absolute Gasteiger partial charge is 0.243 e. The molecule has 1 atom stereocenters. The summed E-state index contributed by atoms with van der Waals surface area (Å²) in [5.41, 5.74) is 7.16. The largest absolute Gasteiger partial charge is 0.398 e. The second-order valence-corrected chi connectivity index (χ2v) is 6.67. The molecule has 1 aromatic rings. The van der Waals surface area contributed by atoms with Crippen LogP contribution in [0.15, 0.2) is 23.1 Å². The van der Waals surface area contributed by atoms with Gasteiger partial charge >= 0.3 is 0 Å². The number of nitrogens with two attached hydrogens (primary N) is 1. The Morgan fingerprint density at radius 3 is 2.50 bits per heavy atom. The molecular formula is C13H22N2O2S. The molecule has 102 valence electrons. The molecule has 2 N–H and O–H groups in total. The lowest BCUT2D eigenvalue weighted by molar-refractivity contribution is 0.369. The summed E-state index contributed by atoms with van der Waals surface area (Å²) in [6.07, 6.45) is 1.80. The number of benzene rings is 1. The number of rotatable bonds is 5. The van der Waals surface area contributed by atoms with Gasteiger partial charge < -0.3 is 5.73 Å². The second-order valence-electron chi connectivity index (χ2n) is 4.68. The standard InChI is InChI=1S/C13H22N2O2S/c1-5-6-11(3)15(4)18(16,17)12-8-7-10(2)13(14)9-12/h7-9,11H,5-6,14H2,1-4H3. The highest BCUT2D eigenvalue weighted by molar-refractivity contribution is 7.89. The van der Waals surface area contributed by atoms with Gasteiger partial charge in [0.05, 0.1) is 4.90 Å². The van der Waals surface area contributed by atoms with Gasteiger partial charge in [-0.15, -0.1) is 0 Å². The maximum atomic E-state index is 12.4. The number of hydrogen-bond donors (Lipinski definition) is 1. The van der Waals surface area contributed by atoms with E-state index in [1.54, 1.807) is 19.2 Å². The molecule has 0 aliphatic carbocycles. The van der Waals surface area contributed by atoms with Crippen molar-refractivity contribution in [1.29, 1.82) is 0 Å². The molecule has 0 heterocycles. The van der Waals surface area contributed by atoms with Crippen LogP contribution in [0.2, 0.25) is 0 Å². The van der Waals surface area contributed by atoms with Crippen LogP contribution in [0.4, 0.5) is 5.69 Å². The molecule has 0 spiro atoms. The first-order chi connectivity index (χ1) is 8.30. The highest BCUT2D eigenvalue weighted by Gasteiger charge is 2.25. The number of hydrogen-bond acceptors (Lipinski definition) is 3. The van der Waals surface area contributed by atoms with Gasteiger partial charge in [0, 0.05) is 18.8 Å². The van der Waals surface area contributed by atoms with Crippen LogP contribution in [0.25, 0.3) is 0 Å². The molecule has 18 heavy (non-hydrogen) atoms. The van der Waals surface area contributed by atoms with Gasteiger partial charge in [-0.1, -0.05) is 19.4 Å². The molecule has 0 aliphatic rings. The first-order valence-corrected chi connectivity index (χ1v) is 7.58. The molecule has 5 heteroatoms. The van der Waals surface area contributed by atoms with Crippen LogP contribution in [0.5, 0.6) is 0 Å². The average Bonchev–Trinajstić information content (AvgIpc) is 2.31. The minimum atomic E-state index is -3.45. The first kappa shape index (κ1) is 15.0. The number of nitrogen functional groups attached to an aromatic ring is 1. The van der Waals surface area contributed by atoms with Crippen molar-refractivity contribution in [3.63, 3.8) is 0 Å². The Balaban J connectivity index is 3.09. The van der Waals surface area contributed by atoms with E-state index in [-0.39, 0.29) is 10.9 Å². The minimum absolute atomic E-state index is 0.0115. The molecule has 4 nitrogen and oxygen atoms in total. The SMILES string of the molecule is CCCC(C)N(C)S(=O)(=O)c1ccc(C)c(N)c1. The van der Waals surface area contributed by atoms with Crippen molar-refractivity contribution in [3.8, 4) is 0 Å². The van der Waals surface area contributed by atoms with Gasteiger partial charge in [-0.2, -0.15) is 4.31 Å². The molecule has 1 unspecified atom stereocenters. The van der Waals surface area contributed by atoms with Crippen LogP contribution in [0, 0.1) is 6.92 Å². The van der Waals surface area contributed by atoms with Crippen molar-refractivity contribution < 1.29 is 8.42 Å². The summed E-state index contributed by atoms with van der Waals surface area (Å²) in [5.74, 6) is 0. The Morgan fingerprint density at radius 1 is 1.39 bits per heavy atom. The maximum absolute atomic E-state index is 12.4. The van der Waals surface area contributed by atoms with E-state index in [1.165, 1.54) is 10.4 Å². The number of anilines is 1. The van der Waals surface area contributed by atoms with Crippen LogP contribution in [-0.4, -0.2) is 25.8 Å². The summed E-state index contributed by atoms with van der Waals surface area (Å²) in [6.45, 7) is 5.81. The fourth-order valence-electron chi connectivity index (χ4n) is 1.78. The Bertz CT molecular complexity index is 512. The van der Waals surface area contributed by atoms with Gasteiger partial charge in [0.15, 0.2) is 0 Å². The van der Waals surface area contributed by atoms with E-state index in [1.807, 2.05) is 20.8 Å². The first-order valence-electron chi connectivity index (χ1n) is 6.14. The molecule has 0 aromatic heterocycles. The van der Waals surface area contributed by atoms with Crippen molar-refractivity contribution in [1.82, 2.24) is 4.31 Å². The molecule has 0 aliphatic heterocycles. The fourth-order valence-corrected chi connectivity index (χ4v) is 3.21. The van der Waals surface area contributed by atoms with Crippen LogP contribution in [0.1, 0.15) is 32.3 Å². The maximum Gasteiger partial charge on any atom is 0.243 e. The third kappa shape index (κ3) is 3.03. The van der Waals surface area contributed by atoms with Gasteiger partial charge in [-0.05, 0) is 38.0 Å². The zero-order chi connectivity index (χ0) is 13.9. The van der Waals surface area contributed by atoms with E-state index in [9.17, 15) is 8.42 Å². The molecule has 0 bridgehead atoms. The minimum Gasteiger partial charge on any atom is -0.398 e. The van der Waals surface area contributed by atoms with Crippen molar-refractivity contribution in [2.45, 2.75) is 44.6 Å². The van der Waals surface area contributed by atoms with E-state index in [0.29, 0.717) is 5.69 Å². The third-order valence-electron chi connectivity index (χ3n) is 3.25. The monoisotopic (exact) mass is 270 g/mol. The van der Waals surface area contributed by atoms with Crippen LogP contribution >= 0.6 is 0 Å². The van der Waals surface area contributed by atoms with Crippen LogP contribution in [-0.2, 0) is 10.0 Å². The molecule has 0 amide bonds. The van der Waals surface area contributed by atoms with Gasteiger partial charge in [-0.25, -0.2) is 8.42 Å². The van der Waals surface area contributed by atoms with Gasteiger partial charge in [0.1, 0.15) is 0 Å². The topological polar surface area (TPSA) is 63.4 Å². The van der Waals surface area contributed by atoms with E-state index >= 15 is 0 Å². The predicted molar refractivity (Wildman–Crippen MR) is 74.9 cm³/mol. The molecule has 0 radical (unpaired) electrons. The molecular weight excluding hydrogens is 248 g/mol. The second kappa shape index (κ2) is 5.71. The third-order valence-corrected chi connectivity index (χ3v) is 5.22. The van der Waals surface area contributed by atoms with Crippen LogP contribution < -0.4 is 5.73 Å². The zero-order valence-electron chi connectivity index (χ0n) is 11.5. The zero-order valence-corrected chi connectivity index (χ0v) is 12.3. The molecule has 0 saturated heterocycles. The normalized spacial score (nSPS) is 13.8.